The smallest absolute Gasteiger partial charge is 0.225 e. The molecule has 4 nitrogen and oxygen atoms in total. The van der Waals surface area contributed by atoms with Crippen molar-refractivity contribution in [3.05, 3.63) is 0 Å². The molecule has 0 bridgehead atoms. The van der Waals surface area contributed by atoms with Crippen LogP contribution in [0, 0.1) is 17.8 Å². The molecule has 2 amide bonds. The third-order valence-electron chi connectivity index (χ3n) is 4.63. The van der Waals surface area contributed by atoms with Gasteiger partial charge in [0.2, 0.25) is 11.8 Å². The Balaban J connectivity index is 1.79. The van der Waals surface area contributed by atoms with Crippen molar-refractivity contribution in [1.82, 2.24) is 10.2 Å². The molecule has 19 heavy (non-hydrogen) atoms. The van der Waals surface area contributed by atoms with Gasteiger partial charge in [-0.2, -0.15) is 0 Å². The molecule has 4 heteroatoms. The van der Waals surface area contributed by atoms with E-state index >= 15 is 0 Å². The van der Waals surface area contributed by atoms with Gasteiger partial charge in [0.1, 0.15) is 0 Å². The van der Waals surface area contributed by atoms with Crippen LogP contribution in [0.15, 0.2) is 0 Å². The van der Waals surface area contributed by atoms with Crippen molar-refractivity contribution >= 4 is 11.8 Å². The summed E-state index contributed by atoms with van der Waals surface area (Å²) in [6.07, 6.45) is 5.88. The summed E-state index contributed by atoms with van der Waals surface area (Å²) in [7, 11) is 3.60. The summed E-state index contributed by atoms with van der Waals surface area (Å²) in [5.41, 5.74) is 0. The Labute approximate surface area is 115 Å². The predicted octanol–water partition coefficient (Wildman–Crippen LogP) is 1.80. The summed E-state index contributed by atoms with van der Waals surface area (Å²) in [5, 5.41) is 3.16. The highest BCUT2D eigenvalue weighted by atomic mass is 16.2. The summed E-state index contributed by atoms with van der Waals surface area (Å²) in [5.74, 6) is 1.40. The van der Waals surface area contributed by atoms with Crippen molar-refractivity contribution in [2.24, 2.45) is 17.8 Å². The number of hydrogen-bond acceptors (Lipinski definition) is 2. The van der Waals surface area contributed by atoms with Crippen molar-refractivity contribution in [2.45, 2.75) is 51.5 Å². The average molecular weight is 266 g/mol. The quantitative estimate of drug-likeness (QED) is 0.846. The van der Waals surface area contributed by atoms with Gasteiger partial charge in [-0.1, -0.05) is 6.92 Å². The molecule has 2 aliphatic carbocycles. The first-order chi connectivity index (χ1) is 8.97. The maximum Gasteiger partial charge on any atom is 0.225 e. The highest BCUT2D eigenvalue weighted by Crippen LogP contribution is 2.32. The molecule has 1 N–H and O–H groups in total. The number of amides is 2. The van der Waals surface area contributed by atoms with Crippen LogP contribution in [0.4, 0.5) is 0 Å². The lowest BCUT2D eigenvalue weighted by atomic mass is 10.0. The molecule has 0 aromatic carbocycles. The van der Waals surface area contributed by atoms with Gasteiger partial charge in [-0.25, -0.2) is 0 Å². The van der Waals surface area contributed by atoms with Crippen molar-refractivity contribution < 1.29 is 9.59 Å². The molecular formula is C15H26N2O2. The van der Waals surface area contributed by atoms with Crippen molar-refractivity contribution in [1.29, 1.82) is 0 Å². The molecule has 0 aromatic heterocycles. The second-order valence-corrected chi connectivity index (χ2v) is 6.56. The average Bonchev–Trinajstić information content (AvgIpc) is 2.97. The van der Waals surface area contributed by atoms with Gasteiger partial charge >= 0.3 is 0 Å². The van der Waals surface area contributed by atoms with Gasteiger partial charge in [0.15, 0.2) is 0 Å². The van der Waals surface area contributed by atoms with E-state index in [1.807, 2.05) is 0 Å². The predicted molar refractivity (Wildman–Crippen MR) is 74.5 cm³/mol. The summed E-state index contributed by atoms with van der Waals surface area (Å²) < 4.78 is 0. The topological polar surface area (TPSA) is 49.4 Å². The first-order valence-electron chi connectivity index (χ1n) is 7.49. The zero-order valence-electron chi connectivity index (χ0n) is 12.3. The zero-order valence-corrected chi connectivity index (χ0v) is 12.3. The van der Waals surface area contributed by atoms with Crippen molar-refractivity contribution in [2.75, 3.05) is 14.1 Å². The van der Waals surface area contributed by atoms with Crippen LogP contribution < -0.4 is 5.32 Å². The number of rotatable bonds is 3. The van der Waals surface area contributed by atoms with E-state index in [9.17, 15) is 9.59 Å². The van der Waals surface area contributed by atoms with Crippen LogP contribution >= 0.6 is 0 Å². The van der Waals surface area contributed by atoms with E-state index in [1.165, 1.54) is 6.42 Å². The van der Waals surface area contributed by atoms with Gasteiger partial charge in [-0.05, 0) is 44.4 Å². The molecule has 0 heterocycles. The van der Waals surface area contributed by atoms with Crippen LogP contribution in [-0.2, 0) is 9.59 Å². The Morgan fingerprint density at radius 2 is 1.68 bits per heavy atom. The molecule has 0 saturated heterocycles. The van der Waals surface area contributed by atoms with E-state index in [0.29, 0.717) is 5.92 Å². The molecular weight excluding hydrogens is 240 g/mol. The van der Waals surface area contributed by atoms with Crippen LogP contribution in [0.25, 0.3) is 0 Å². The first kappa shape index (κ1) is 14.4. The number of carbonyl (C=O) groups is 2. The molecule has 2 aliphatic rings. The minimum absolute atomic E-state index is 0.0998. The van der Waals surface area contributed by atoms with Crippen molar-refractivity contribution in [3.63, 3.8) is 0 Å². The van der Waals surface area contributed by atoms with Gasteiger partial charge < -0.3 is 10.2 Å². The highest BCUT2D eigenvalue weighted by Gasteiger charge is 2.34. The Kier molecular flexibility index (Phi) is 4.48. The van der Waals surface area contributed by atoms with Gasteiger partial charge in [0, 0.05) is 32.0 Å². The standard InChI is InChI=1S/C15H26N2O2/c1-10-4-5-11(8-10)14(18)16-13-7-6-12(9-13)15(19)17(2)3/h10-13H,4-9H2,1-3H3,(H,16,18)/t10-,11+,12+,13+/m1/s1. The fourth-order valence-electron chi connectivity index (χ4n) is 3.47. The van der Waals surface area contributed by atoms with E-state index in [4.69, 9.17) is 0 Å². The number of hydrogen-bond donors (Lipinski definition) is 1. The third-order valence-corrected chi connectivity index (χ3v) is 4.63. The molecule has 0 radical (unpaired) electrons. The molecule has 2 saturated carbocycles. The normalized spacial score (nSPS) is 34.3. The second kappa shape index (κ2) is 5.93. The maximum absolute atomic E-state index is 12.2. The number of nitrogens with zero attached hydrogens (tertiary/aromatic N) is 1. The molecule has 0 unspecified atom stereocenters. The first-order valence-corrected chi connectivity index (χ1v) is 7.49. The summed E-state index contributed by atoms with van der Waals surface area (Å²) in [4.78, 5) is 25.7. The highest BCUT2D eigenvalue weighted by molar-refractivity contribution is 5.80. The van der Waals surface area contributed by atoms with Gasteiger partial charge in [0.25, 0.3) is 0 Å². The third kappa shape index (κ3) is 3.48. The van der Waals surface area contributed by atoms with Crippen molar-refractivity contribution in [3.8, 4) is 0 Å². The van der Waals surface area contributed by atoms with E-state index < -0.39 is 0 Å². The molecule has 0 aromatic rings. The minimum Gasteiger partial charge on any atom is -0.353 e. The SMILES string of the molecule is C[C@@H]1CC[C@H](C(=O)N[C@H]2CC[C@H](C(=O)N(C)C)C2)C1. The van der Waals surface area contributed by atoms with Crippen LogP contribution in [0.3, 0.4) is 0 Å². The van der Waals surface area contributed by atoms with Crippen LogP contribution in [-0.4, -0.2) is 36.9 Å². The van der Waals surface area contributed by atoms with E-state index in [-0.39, 0.29) is 29.7 Å². The van der Waals surface area contributed by atoms with Crippen LogP contribution in [0.2, 0.25) is 0 Å². The van der Waals surface area contributed by atoms with E-state index in [1.54, 1.807) is 19.0 Å². The molecule has 4 atom stereocenters. The molecule has 0 aliphatic heterocycles. The molecule has 108 valence electrons. The Bertz CT molecular complexity index is 354. The lowest BCUT2D eigenvalue weighted by Crippen LogP contribution is -2.37. The van der Waals surface area contributed by atoms with Crippen LogP contribution in [0.5, 0.6) is 0 Å². The molecule has 2 rings (SSSR count). The monoisotopic (exact) mass is 266 g/mol. The van der Waals surface area contributed by atoms with E-state index in [0.717, 1.165) is 32.1 Å². The largest absolute Gasteiger partial charge is 0.353 e. The van der Waals surface area contributed by atoms with Gasteiger partial charge in [0.05, 0.1) is 0 Å². The fraction of sp³-hybridized carbons (Fsp3) is 0.867. The minimum atomic E-state index is 0.0998. The van der Waals surface area contributed by atoms with Gasteiger partial charge in [-0.3, -0.25) is 9.59 Å². The lowest BCUT2D eigenvalue weighted by Gasteiger charge is -2.18. The van der Waals surface area contributed by atoms with E-state index in [2.05, 4.69) is 12.2 Å². The Morgan fingerprint density at radius 1 is 1.00 bits per heavy atom. The Hall–Kier alpha value is -1.06. The maximum atomic E-state index is 12.2. The molecule has 2 fully saturated rings. The number of carbonyl (C=O) groups excluding carboxylic acids is 2. The fourth-order valence-corrected chi connectivity index (χ4v) is 3.47. The van der Waals surface area contributed by atoms with Gasteiger partial charge in [-0.15, -0.1) is 0 Å². The lowest BCUT2D eigenvalue weighted by molar-refractivity contribution is -0.133. The molecule has 0 spiro atoms. The number of nitrogens with one attached hydrogen (secondary N) is 1. The summed E-state index contributed by atoms with van der Waals surface area (Å²) in [6, 6.07) is 0.206. The van der Waals surface area contributed by atoms with Crippen LogP contribution in [0.1, 0.15) is 45.4 Å². The Morgan fingerprint density at radius 3 is 2.26 bits per heavy atom. The summed E-state index contributed by atoms with van der Waals surface area (Å²) >= 11 is 0. The summed E-state index contributed by atoms with van der Waals surface area (Å²) in [6.45, 7) is 2.22. The zero-order chi connectivity index (χ0) is 14.0. The second-order valence-electron chi connectivity index (χ2n) is 6.56.